The maximum Gasteiger partial charge on any atom is 0.267 e. The molecule has 6 nitrogen and oxygen atoms in total. The number of nitrogens with one attached hydrogen (secondary N) is 2. The number of hydrogen-bond donors (Lipinski definition) is 2. The maximum atomic E-state index is 12.7. The molecule has 7 heteroatoms. The van der Waals surface area contributed by atoms with Gasteiger partial charge in [0.25, 0.3) is 5.91 Å². The minimum absolute atomic E-state index is 0.0387. The second-order valence-electron chi connectivity index (χ2n) is 6.45. The smallest absolute Gasteiger partial charge is 0.267 e. The van der Waals surface area contributed by atoms with Crippen molar-refractivity contribution >= 4 is 34.5 Å². The Morgan fingerprint density at radius 1 is 1.07 bits per heavy atom. The van der Waals surface area contributed by atoms with Crippen LogP contribution in [-0.2, 0) is 4.79 Å². The molecule has 0 spiro atoms. The molecule has 0 radical (unpaired) electrons. The third-order valence-electron chi connectivity index (χ3n) is 4.22. The number of hydrogen-bond acceptors (Lipinski definition) is 5. The first kappa shape index (κ1) is 17.4. The number of aryl methyl sites for hydroxylation is 1. The third kappa shape index (κ3) is 4.03. The molecular weight excluding hydrogens is 360 g/mol. The summed E-state index contributed by atoms with van der Waals surface area (Å²) in [5.74, 6) is -0.0530. The van der Waals surface area contributed by atoms with Crippen LogP contribution in [0, 0.1) is 12.8 Å². The van der Waals surface area contributed by atoms with E-state index in [4.69, 9.17) is 0 Å². The van der Waals surface area contributed by atoms with Gasteiger partial charge in [-0.3, -0.25) is 14.6 Å². The molecule has 0 saturated heterocycles. The third-order valence-corrected chi connectivity index (χ3v) is 5.40. The largest absolute Gasteiger partial charge is 0.326 e. The molecule has 0 atom stereocenters. The van der Waals surface area contributed by atoms with Crippen LogP contribution in [0.3, 0.4) is 0 Å². The molecule has 1 aliphatic rings. The lowest BCUT2D eigenvalue weighted by Gasteiger charge is -2.08. The van der Waals surface area contributed by atoms with Gasteiger partial charge in [-0.25, -0.2) is 4.98 Å². The number of carbonyl (C=O) groups is 2. The molecular formula is C20H18N4O2S. The van der Waals surface area contributed by atoms with Gasteiger partial charge >= 0.3 is 0 Å². The number of amides is 2. The lowest BCUT2D eigenvalue weighted by Crippen LogP contribution is -2.14. The standard InChI is InChI=1S/C20H18N4O2S/c1-12-17(27-20(22-12)16-7-2-3-10-21-16)19(26)24-15-6-4-5-14(11-15)23-18(25)13-8-9-13/h2-7,10-11,13H,8-9H2,1H3,(H,23,25)(H,24,26). The van der Waals surface area contributed by atoms with Gasteiger partial charge in [0.05, 0.1) is 11.4 Å². The molecule has 3 aromatic rings. The second kappa shape index (κ2) is 7.28. The summed E-state index contributed by atoms with van der Waals surface area (Å²) in [6.07, 6.45) is 3.60. The number of rotatable bonds is 5. The fourth-order valence-corrected chi connectivity index (χ4v) is 3.60. The van der Waals surface area contributed by atoms with E-state index in [1.54, 1.807) is 24.4 Å². The summed E-state index contributed by atoms with van der Waals surface area (Å²) in [5, 5.41) is 6.48. The number of nitrogens with zero attached hydrogens (tertiary/aromatic N) is 2. The van der Waals surface area contributed by atoms with Crippen molar-refractivity contribution in [3.63, 3.8) is 0 Å². The average molecular weight is 378 g/mol. The fraction of sp³-hybridized carbons (Fsp3) is 0.200. The predicted octanol–water partition coefficient (Wildman–Crippen LogP) is 4.11. The van der Waals surface area contributed by atoms with Crippen molar-refractivity contribution < 1.29 is 9.59 Å². The van der Waals surface area contributed by atoms with E-state index in [1.807, 2.05) is 31.2 Å². The molecule has 1 saturated carbocycles. The first-order valence-corrected chi connectivity index (χ1v) is 9.53. The average Bonchev–Trinajstić information content (AvgIpc) is 3.45. The van der Waals surface area contributed by atoms with Crippen molar-refractivity contribution in [3.8, 4) is 10.7 Å². The Labute approximate surface area is 160 Å². The summed E-state index contributed by atoms with van der Waals surface area (Å²) in [5.41, 5.74) is 2.71. The normalized spacial score (nSPS) is 13.2. The Bertz CT molecular complexity index is 996. The van der Waals surface area contributed by atoms with Crippen LogP contribution in [0.5, 0.6) is 0 Å². The highest BCUT2D eigenvalue weighted by molar-refractivity contribution is 7.17. The lowest BCUT2D eigenvalue weighted by atomic mass is 10.2. The van der Waals surface area contributed by atoms with Crippen molar-refractivity contribution in [2.45, 2.75) is 19.8 Å². The Morgan fingerprint density at radius 3 is 2.56 bits per heavy atom. The lowest BCUT2D eigenvalue weighted by molar-refractivity contribution is -0.117. The molecule has 1 aromatic carbocycles. The van der Waals surface area contributed by atoms with E-state index in [0.29, 0.717) is 27.0 Å². The monoisotopic (exact) mass is 378 g/mol. The molecule has 2 aromatic heterocycles. The number of thiazole rings is 1. The minimum atomic E-state index is -0.224. The van der Waals surface area contributed by atoms with Crippen molar-refractivity contribution in [2.24, 2.45) is 5.92 Å². The van der Waals surface area contributed by atoms with Crippen LogP contribution in [0.4, 0.5) is 11.4 Å². The van der Waals surface area contributed by atoms with Crippen molar-refractivity contribution in [1.82, 2.24) is 9.97 Å². The van der Waals surface area contributed by atoms with E-state index in [1.165, 1.54) is 11.3 Å². The van der Waals surface area contributed by atoms with E-state index in [0.717, 1.165) is 18.5 Å². The van der Waals surface area contributed by atoms with Crippen LogP contribution in [0.1, 0.15) is 28.2 Å². The molecule has 0 unspecified atom stereocenters. The topological polar surface area (TPSA) is 84.0 Å². The van der Waals surface area contributed by atoms with E-state index < -0.39 is 0 Å². The number of aromatic nitrogens is 2. The van der Waals surface area contributed by atoms with Crippen molar-refractivity contribution in [3.05, 3.63) is 59.2 Å². The van der Waals surface area contributed by atoms with Gasteiger partial charge in [0.2, 0.25) is 5.91 Å². The zero-order chi connectivity index (χ0) is 18.8. The molecule has 1 aliphatic carbocycles. The summed E-state index contributed by atoms with van der Waals surface area (Å²) in [6, 6.07) is 12.8. The van der Waals surface area contributed by atoms with E-state index in [2.05, 4.69) is 20.6 Å². The maximum absolute atomic E-state index is 12.7. The molecule has 4 rings (SSSR count). The van der Waals surface area contributed by atoms with Crippen LogP contribution < -0.4 is 10.6 Å². The first-order valence-electron chi connectivity index (χ1n) is 8.71. The number of benzene rings is 1. The molecule has 27 heavy (non-hydrogen) atoms. The molecule has 0 aliphatic heterocycles. The Kier molecular flexibility index (Phi) is 4.68. The number of pyridine rings is 1. The molecule has 2 N–H and O–H groups in total. The number of anilines is 2. The van der Waals surface area contributed by atoms with Gasteiger partial charge in [-0.05, 0) is 50.1 Å². The highest BCUT2D eigenvalue weighted by atomic mass is 32.1. The van der Waals surface area contributed by atoms with Crippen LogP contribution >= 0.6 is 11.3 Å². The summed E-state index contributed by atoms with van der Waals surface area (Å²) in [6.45, 7) is 1.81. The van der Waals surface area contributed by atoms with Gasteiger partial charge in [-0.1, -0.05) is 12.1 Å². The molecule has 2 amide bonds. The van der Waals surface area contributed by atoms with Gasteiger partial charge in [0.1, 0.15) is 9.88 Å². The van der Waals surface area contributed by atoms with E-state index in [-0.39, 0.29) is 17.7 Å². The van der Waals surface area contributed by atoms with Crippen LogP contribution in [-0.4, -0.2) is 21.8 Å². The molecule has 2 heterocycles. The predicted molar refractivity (Wildman–Crippen MR) is 106 cm³/mol. The van der Waals surface area contributed by atoms with Crippen molar-refractivity contribution in [1.29, 1.82) is 0 Å². The van der Waals surface area contributed by atoms with Crippen molar-refractivity contribution in [2.75, 3.05) is 10.6 Å². The fourth-order valence-electron chi connectivity index (χ4n) is 2.66. The van der Waals surface area contributed by atoms with Gasteiger partial charge in [-0.2, -0.15) is 0 Å². The Balaban J connectivity index is 1.49. The van der Waals surface area contributed by atoms with Gasteiger partial charge in [-0.15, -0.1) is 11.3 Å². The first-order chi connectivity index (χ1) is 13.1. The zero-order valence-electron chi connectivity index (χ0n) is 14.7. The molecule has 1 fully saturated rings. The summed E-state index contributed by atoms with van der Waals surface area (Å²) in [7, 11) is 0. The van der Waals surface area contributed by atoms with Gasteiger partial charge < -0.3 is 10.6 Å². The Hall–Kier alpha value is -3.06. The highest BCUT2D eigenvalue weighted by Gasteiger charge is 2.29. The van der Waals surface area contributed by atoms with Crippen LogP contribution in [0.15, 0.2) is 48.7 Å². The summed E-state index contributed by atoms with van der Waals surface area (Å²) >= 11 is 1.31. The van der Waals surface area contributed by atoms with E-state index >= 15 is 0 Å². The summed E-state index contributed by atoms with van der Waals surface area (Å²) in [4.78, 5) is 33.9. The quantitative estimate of drug-likeness (QED) is 0.700. The van der Waals surface area contributed by atoms with E-state index in [9.17, 15) is 9.59 Å². The molecule has 136 valence electrons. The molecule has 0 bridgehead atoms. The van der Waals surface area contributed by atoms with Crippen LogP contribution in [0.25, 0.3) is 10.7 Å². The van der Waals surface area contributed by atoms with Gasteiger partial charge in [0, 0.05) is 23.5 Å². The minimum Gasteiger partial charge on any atom is -0.326 e. The second-order valence-corrected chi connectivity index (χ2v) is 7.45. The van der Waals surface area contributed by atoms with Gasteiger partial charge in [0.15, 0.2) is 0 Å². The van der Waals surface area contributed by atoms with Crippen LogP contribution in [0.2, 0.25) is 0 Å². The number of carbonyl (C=O) groups excluding carboxylic acids is 2. The highest BCUT2D eigenvalue weighted by Crippen LogP contribution is 2.31. The SMILES string of the molecule is Cc1nc(-c2ccccn2)sc1C(=O)Nc1cccc(NC(=O)C2CC2)c1. The Morgan fingerprint density at radius 2 is 1.85 bits per heavy atom. The zero-order valence-corrected chi connectivity index (χ0v) is 15.5. The summed E-state index contributed by atoms with van der Waals surface area (Å²) < 4.78 is 0.